The Balaban J connectivity index is 2.18. The lowest BCUT2D eigenvalue weighted by atomic mass is 10.3. The standard InChI is InChI=1S/C10H17N3O/c1-9-12-6-4-10(13-9)8-11-5-3-7-14-2/h4,6,11H,3,5,7-8H2,1-2H3. The SMILES string of the molecule is COCCCNCc1ccnc(C)n1. The molecule has 4 heteroatoms. The maximum absolute atomic E-state index is 4.95. The lowest BCUT2D eigenvalue weighted by Gasteiger charge is -2.03. The second kappa shape index (κ2) is 6.45. The Bertz CT molecular complexity index is 265. The van der Waals surface area contributed by atoms with Crippen molar-refractivity contribution in [3.63, 3.8) is 0 Å². The van der Waals surface area contributed by atoms with Crippen molar-refractivity contribution >= 4 is 0 Å². The van der Waals surface area contributed by atoms with Gasteiger partial charge in [-0.15, -0.1) is 0 Å². The van der Waals surface area contributed by atoms with Gasteiger partial charge >= 0.3 is 0 Å². The van der Waals surface area contributed by atoms with E-state index >= 15 is 0 Å². The largest absolute Gasteiger partial charge is 0.385 e. The van der Waals surface area contributed by atoms with Crippen LogP contribution in [0.4, 0.5) is 0 Å². The highest BCUT2D eigenvalue weighted by Gasteiger charge is 1.94. The van der Waals surface area contributed by atoms with E-state index in [0.29, 0.717) is 0 Å². The van der Waals surface area contributed by atoms with E-state index in [1.807, 2.05) is 13.0 Å². The van der Waals surface area contributed by atoms with Gasteiger partial charge in [0.05, 0.1) is 5.69 Å². The number of aryl methyl sites for hydroxylation is 1. The van der Waals surface area contributed by atoms with Gasteiger partial charge in [0.2, 0.25) is 0 Å². The monoisotopic (exact) mass is 195 g/mol. The lowest BCUT2D eigenvalue weighted by molar-refractivity contribution is 0.194. The van der Waals surface area contributed by atoms with Crippen LogP contribution in [0.5, 0.6) is 0 Å². The van der Waals surface area contributed by atoms with Crippen molar-refractivity contribution in [2.75, 3.05) is 20.3 Å². The first-order valence-electron chi connectivity index (χ1n) is 4.81. The summed E-state index contributed by atoms with van der Waals surface area (Å²) in [6.45, 7) is 4.45. The summed E-state index contributed by atoms with van der Waals surface area (Å²) < 4.78 is 4.95. The predicted molar refractivity (Wildman–Crippen MR) is 55.0 cm³/mol. The molecule has 0 saturated heterocycles. The van der Waals surface area contributed by atoms with E-state index in [-0.39, 0.29) is 0 Å². The summed E-state index contributed by atoms with van der Waals surface area (Å²) in [4.78, 5) is 8.32. The van der Waals surface area contributed by atoms with E-state index in [2.05, 4.69) is 15.3 Å². The zero-order valence-corrected chi connectivity index (χ0v) is 8.79. The summed E-state index contributed by atoms with van der Waals surface area (Å²) in [5.74, 6) is 0.821. The number of nitrogens with zero attached hydrogens (tertiary/aromatic N) is 2. The van der Waals surface area contributed by atoms with Crippen molar-refractivity contribution in [3.8, 4) is 0 Å². The summed E-state index contributed by atoms with van der Waals surface area (Å²) in [6.07, 6.45) is 2.81. The summed E-state index contributed by atoms with van der Waals surface area (Å²) in [5, 5.41) is 3.29. The predicted octanol–water partition coefficient (Wildman–Crippen LogP) is 0.911. The Morgan fingerprint density at radius 1 is 1.50 bits per heavy atom. The van der Waals surface area contributed by atoms with E-state index in [9.17, 15) is 0 Å². The topological polar surface area (TPSA) is 47.0 Å². The van der Waals surface area contributed by atoms with E-state index in [4.69, 9.17) is 4.74 Å². The molecule has 0 bridgehead atoms. The molecule has 0 radical (unpaired) electrons. The third-order valence-corrected chi connectivity index (χ3v) is 1.84. The molecule has 0 saturated carbocycles. The van der Waals surface area contributed by atoms with Gasteiger partial charge in [-0.2, -0.15) is 0 Å². The Morgan fingerprint density at radius 2 is 2.36 bits per heavy atom. The molecule has 0 aliphatic heterocycles. The van der Waals surface area contributed by atoms with Crippen LogP contribution in [-0.4, -0.2) is 30.2 Å². The molecule has 0 atom stereocenters. The number of rotatable bonds is 6. The molecule has 1 aromatic heterocycles. The number of hydrogen-bond acceptors (Lipinski definition) is 4. The first-order chi connectivity index (χ1) is 6.83. The molecule has 14 heavy (non-hydrogen) atoms. The highest BCUT2D eigenvalue weighted by Crippen LogP contribution is 1.93. The Labute approximate surface area is 84.7 Å². The van der Waals surface area contributed by atoms with Gasteiger partial charge in [-0.25, -0.2) is 9.97 Å². The molecule has 0 unspecified atom stereocenters. The van der Waals surface area contributed by atoms with E-state index in [0.717, 1.165) is 37.6 Å². The van der Waals surface area contributed by atoms with Gasteiger partial charge in [0.15, 0.2) is 0 Å². The molecule has 78 valence electrons. The zero-order chi connectivity index (χ0) is 10.2. The first-order valence-corrected chi connectivity index (χ1v) is 4.81. The minimum atomic E-state index is 0.799. The zero-order valence-electron chi connectivity index (χ0n) is 8.79. The van der Waals surface area contributed by atoms with Crippen LogP contribution >= 0.6 is 0 Å². The molecule has 0 aliphatic rings. The van der Waals surface area contributed by atoms with Crippen LogP contribution in [0.3, 0.4) is 0 Å². The third kappa shape index (κ3) is 4.30. The minimum Gasteiger partial charge on any atom is -0.385 e. The quantitative estimate of drug-likeness (QED) is 0.685. The number of hydrogen-bond donors (Lipinski definition) is 1. The molecule has 0 fully saturated rings. The third-order valence-electron chi connectivity index (χ3n) is 1.84. The van der Waals surface area contributed by atoms with Crippen molar-refractivity contribution in [2.45, 2.75) is 19.9 Å². The molecule has 0 amide bonds. The lowest BCUT2D eigenvalue weighted by Crippen LogP contribution is -2.17. The van der Waals surface area contributed by atoms with E-state index in [1.54, 1.807) is 13.3 Å². The van der Waals surface area contributed by atoms with Crippen LogP contribution in [-0.2, 0) is 11.3 Å². The molecule has 0 aliphatic carbocycles. The van der Waals surface area contributed by atoms with Gasteiger partial charge in [-0.3, -0.25) is 0 Å². The molecule has 0 aromatic carbocycles. The number of aromatic nitrogens is 2. The molecule has 4 nitrogen and oxygen atoms in total. The van der Waals surface area contributed by atoms with Crippen LogP contribution in [0.1, 0.15) is 17.9 Å². The smallest absolute Gasteiger partial charge is 0.125 e. The molecular weight excluding hydrogens is 178 g/mol. The molecule has 0 spiro atoms. The molecular formula is C10H17N3O. The minimum absolute atomic E-state index is 0.799. The molecule has 1 rings (SSSR count). The Kier molecular flexibility index (Phi) is 5.11. The van der Waals surface area contributed by atoms with Crippen molar-refractivity contribution in [2.24, 2.45) is 0 Å². The van der Waals surface area contributed by atoms with Gasteiger partial charge < -0.3 is 10.1 Å². The summed E-state index contributed by atoms with van der Waals surface area (Å²) in [7, 11) is 1.72. The van der Waals surface area contributed by atoms with Gasteiger partial charge in [0, 0.05) is 26.5 Å². The molecule has 1 heterocycles. The van der Waals surface area contributed by atoms with Gasteiger partial charge in [-0.1, -0.05) is 0 Å². The Hall–Kier alpha value is -1.00. The van der Waals surface area contributed by atoms with Crippen molar-refractivity contribution in [1.29, 1.82) is 0 Å². The highest BCUT2D eigenvalue weighted by atomic mass is 16.5. The van der Waals surface area contributed by atoms with Crippen molar-refractivity contribution in [1.82, 2.24) is 15.3 Å². The van der Waals surface area contributed by atoms with Gasteiger partial charge in [0.1, 0.15) is 5.82 Å². The van der Waals surface area contributed by atoms with Crippen LogP contribution in [0, 0.1) is 6.92 Å². The maximum atomic E-state index is 4.95. The van der Waals surface area contributed by atoms with Gasteiger partial charge in [-0.05, 0) is 26.0 Å². The van der Waals surface area contributed by atoms with Crippen molar-refractivity contribution < 1.29 is 4.74 Å². The number of methoxy groups -OCH3 is 1. The van der Waals surface area contributed by atoms with Crippen molar-refractivity contribution in [3.05, 3.63) is 23.8 Å². The van der Waals surface area contributed by atoms with Crippen LogP contribution in [0.15, 0.2) is 12.3 Å². The average molecular weight is 195 g/mol. The van der Waals surface area contributed by atoms with E-state index < -0.39 is 0 Å². The van der Waals surface area contributed by atoms with E-state index in [1.165, 1.54) is 0 Å². The van der Waals surface area contributed by atoms with Crippen LogP contribution in [0.2, 0.25) is 0 Å². The fourth-order valence-corrected chi connectivity index (χ4v) is 1.16. The summed E-state index contributed by atoms with van der Waals surface area (Å²) in [6, 6.07) is 1.93. The fraction of sp³-hybridized carbons (Fsp3) is 0.600. The second-order valence-corrected chi connectivity index (χ2v) is 3.12. The average Bonchev–Trinajstić information content (AvgIpc) is 2.18. The number of nitrogens with one attached hydrogen (secondary N) is 1. The summed E-state index contributed by atoms with van der Waals surface area (Å²) >= 11 is 0. The second-order valence-electron chi connectivity index (χ2n) is 3.12. The normalized spacial score (nSPS) is 10.4. The maximum Gasteiger partial charge on any atom is 0.125 e. The van der Waals surface area contributed by atoms with Gasteiger partial charge in [0.25, 0.3) is 0 Å². The summed E-state index contributed by atoms with van der Waals surface area (Å²) in [5.41, 5.74) is 1.04. The molecule has 1 aromatic rings. The van der Waals surface area contributed by atoms with Crippen LogP contribution in [0.25, 0.3) is 0 Å². The first kappa shape index (κ1) is 11.1. The number of ether oxygens (including phenoxy) is 1. The van der Waals surface area contributed by atoms with Crippen LogP contribution < -0.4 is 5.32 Å². The Morgan fingerprint density at radius 3 is 3.07 bits per heavy atom. The molecule has 1 N–H and O–H groups in total. The fourth-order valence-electron chi connectivity index (χ4n) is 1.16. The highest BCUT2D eigenvalue weighted by molar-refractivity contribution is 5.00.